The highest BCUT2D eigenvalue weighted by molar-refractivity contribution is 6.29. The van der Waals surface area contributed by atoms with Gasteiger partial charge in [0.05, 0.1) is 0 Å². The molecule has 1 aromatic rings. The Balaban J connectivity index is 3.19. The van der Waals surface area contributed by atoms with Crippen molar-refractivity contribution in [2.75, 3.05) is 0 Å². The Morgan fingerprint density at radius 1 is 1.64 bits per heavy atom. The third kappa shape index (κ3) is 1.91. The lowest BCUT2D eigenvalue weighted by Gasteiger charge is -1.97. The van der Waals surface area contributed by atoms with E-state index in [0.717, 1.165) is 5.56 Å². The summed E-state index contributed by atoms with van der Waals surface area (Å²) in [6, 6.07) is 3.25. The lowest BCUT2D eigenvalue weighted by molar-refractivity contribution is 0.0995. The second-order valence-electron chi connectivity index (χ2n) is 2.22. The van der Waals surface area contributed by atoms with Gasteiger partial charge in [0, 0.05) is 0 Å². The smallest absolute Gasteiger partial charge is 0.267 e. The maximum absolute atomic E-state index is 10.6. The number of pyridine rings is 1. The van der Waals surface area contributed by atoms with Gasteiger partial charge in [0.25, 0.3) is 5.91 Å². The van der Waals surface area contributed by atoms with E-state index in [9.17, 15) is 4.79 Å². The summed E-state index contributed by atoms with van der Waals surface area (Å²) in [5.74, 6) is -0.560. The van der Waals surface area contributed by atoms with Crippen LogP contribution in [0.4, 0.5) is 0 Å². The van der Waals surface area contributed by atoms with Crippen LogP contribution in [-0.2, 0) is 0 Å². The van der Waals surface area contributed by atoms with Crippen molar-refractivity contribution in [3.63, 3.8) is 0 Å². The van der Waals surface area contributed by atoms with Crippen LogP contribution in [-0.4, -0.2) is 10.9 Å². The van der Waals surface area contributed by atoms with Gasteiger partial charge in [-0.1, -0.05) is 11.6 Å². The van der Waals surface area contributed by atoms with Crippen LogP contribution >= 0.6 is 11.6 Å². The van der Waals surface area contributed by atoms with Crippen LogP contribution in [0.1, 0.15) is 16.1 Å². The van der Waals surface area contributed by atoms with Crippen LogP contribution in [0.2, 0.25) is 5.15 Å². The third-order valence-corrected chi connectivity index (χ3v) is 1.38. The molecule has 0 spiro atoms. The number of amides is 1. The Bertz CT molecular complexity index is 278. The van der Waals surface area contributed by atoms with Crippen molar-refractivity contribution in [1.29, 1.82) is 0 Å². The van der Waals surface area contributed by atoms with Crippen LogP contribution in [0.15, 0.2) is 12.1 Å². The van der Waals surface area contributed by atoms with Gasteiger partial charge in [-0.15, -0.1) is 0 Å². The fourth-order valence-electron chi connectivity index (χ4n) is 0.751. The largest absolute Gasteiger partial charge is 0.364 e. The molecule has 0 aromatic carbocycles. The van der Waals surface area contributed by atoms with Gasteiger partial charge in [-0.3, -0.25) is 4.79 Å². The molecule has 0 saturated carbocycles. The SMILES string of the molecule is Cc1cc(Cl)nc(C(N)=O)c1. The first-order valence-corrected chi connectivity index (χ1v) is 3.41. The fourth-order valence-corrected chi connectivity index (χ4v) is 1.01. The molecule has 0 bridgehead atoms. The van der Waals surface area contributed by atoms with Crippen LogP contribution in [0.3, 0.4) is 0 Å². The molecular formula is C7H7ClN2O. The maximum Gasteiger partial charge on any atom is 0.267 e. The molecule has 1 aromatic heterocycles. The molecule has 1 heterocycles. The maximum atomic E-state index is 10.6. The first-order valence-electron chi connectivity index (χ1n) is 3.03. The van der Waals surface area contributed by atoms with Crippen molar-refractivity contribution in [2.45, 2.75) is 6.92 Å². The number of hydrogen-bond acceptors (Lipinski definition) is 2. The van der Waals surface area contributed by atoms with E-state index in [1.165, 1.54) is 0 Å². The summed E-state index contributed by atoms with van der Waals surface area (Å²) in [4.78, 5) is 14.3. The molecule has 0 atom stereocenters. The van der Waals surface area contributed by atoms with Gasteiger partial charge in [-0.05, 0) is 24.6 Å². The summed E-state index contributed by atoms with van der Waals surface area (Å²) >= 11 is 5.58. The number of hydrogen-bond donors (Lipinski definition) is 1. The molecule has 0 fully saturated rings. The monoisotopic (exact) mass is 170 g/mol. The third-order valence-electron chi connectivity index (χ3n) is 1.19. The Morgan fingerprint density at radius 3 is 2.73 bits per heavy atom. The normalized spacial score (nSPS) is 9.64. The Labute approximate surface area is 69.2 Å². The molecule has 0 aliphatic rings. The molecule has 2 N–H and O–H groups in total. The minimum atomic E-state index is -0.560. The van der Waals surface area contributed by atoms with E-state index in [0.29, 0.717) is 5.15 Å². The van der Waals surface area contributed by atoms with Gasteiger partial charge < -0.3 is 5.73 Å². The van der Waals surface area contributed by atoms with Crippen LogP contribution in [0.5, 0.6) is 0 Å². The van der Waals surface area contributed by atoms with E-state index >= 15 is 0 Å². The molecule has 0 unspecified atom stereocenters. The van der Waals surface area contributed by atoms with E-state index in [1.54, 1.807) is 12.1 Å². The van der Waals surface area contributed by atoms with E-state index in [1.807, 2.05) is 6.92 Å². The topological polar surface area (TPSA) is 56.0 Å². The summed E-state index contributed by atoms with van der Waals surface area (Å²) < 4.78 is 0. The Kier molecular flexibility index (Phi) is 2.10. The second kappa shape index (κ2) is 2.88. The molecule has 11 heavy (non-hydrogen) atoms. The molecule has 0 saturated heterocycles. The second-order valence-corrected chi connectivity index (χ2v) is 2.60. The predicted octanol–water partition coefficient (Wildman–Crippen LogP) is 1.14. The highest BCUT2D eigenvalue weighted by Gasteiger charge is 2.02. The number of halogens is 1. The standard InChI is InChI=1S/C7H7ClN2O/c1-4-2-5(7(9)11)10-6(8)3-4/h2-3H,1H3,(H2,9,11). The number of carbonyl (C=O) groups excluding carboxylic acids is 1. The Hall–Kier alpha value is -1.09. The van der Waals surface area contributed by atoms with Gasteiger partial charge in [0.1, 0.15) is 10.8 Å². The van der Waals surface area contributed by atoms with E-state index in [-0.39, 0.29) is 5.69 Å². The number of nitrogens with two attached hydrogens (primary N) is 1. The number of aromatic nitrogens is 1. The number of nitrogens with zero attached hydrogens (tertiary/aromatic N) is 1. The molecule has 0 aliphatic carbocycles. The number of carbonyl (C=O) groups is 1. The molecule has 0 radical (unpaired) electrons. The summed E-state index contributed by atoms with van der Waals surface area (Å²) in [6.45, 7) is 1.82. The van der Waals surface area contributed by atoms with E-state index in [2.05, 4.69) is 4.98 Å². The summed E-state index contributed by atoms with van der Waals surface area (Å²) in [5, 5.41) is 0.291. The zero-order chi connectivity index (χ0) is 8.43. The van der Waals surface area contributed by atoms with Crippen molar-refractivity contribution in [3.8, 4) is 0 Å². The van der Waals surface area contributed by atoms with Crippen LogP contribution in [0, 0.1) is 6.92 Å². The van der Waals surface area contributed by atoms with Crippen molar-refractivity contribution < 1.29 is 4.79 Å². The quantitative estimate of drug-likeness (QED) is 0.643. The molecule has 1 rings (SSSR count). The number of primary amides is 1. The zero-order valence-electron chi connectivity index (χ0n) is 5.97. The summed E-state index contributed by atoms with van der Waals surface area (Å²) in [5.41, 5.74) is 6.07. The number of rotatable bonds is 1. The summed E-state index contributed by atoms with van der Waals surface area (Å²) in [6.07, 6.45) is 0. The van der Waals surface area contributed by atoms with Gasteiger partial charge in [0.2, 0.25) is 0 Å². The first-order chi connectivity index (χ1) is 5.09. The lowest BCUT2D eigenvalue weighted by Crippen LogP contribution is -2.13. The van der Waals surface area contributed by atoms with Crippen molar-refractivity contribution in [2.24, 2.45) is 5.73 Å². The van der Waals surface area contributed by atoms with Crippen LogP contribution in [0.25, 0.3) is 0 Å². The van der Waals surface area contributed by atoms with E-state index < -0.39 is 5.91 Å². The highest BCUT2D eigenvalue weighted by Crippen LogP contribution is 2.08. The highest BCUT2D eigenvalue weighted by atomic mass is 35.5. The molecule has 0 aliphatic heterocycles. The molecule has 3 nitrogen and oxygen atoms in total. The lowest BCUT2D eigenvalue weighted by atomic mass is 10.2. The van der Waals surface area contributed by atoms with Crippen molar-refractivity contribution in [3.05, 3.63) is 28.5 Å². The molecule has 1 amide bonds. The minimum absolute atomic E-state index is 0.204. The van der Waals surface area contributed by atoms with Gasteiger partial charge in [0.15, 0.2) is 0 Å². The average Bonchev–Trinajstić information content (AvgIpc) is 1.85. The average molecular weight is 171 g/mol. The fraction of sp³-hybridized carbons (Fsp3) is 0.143. The van der Waals surface area contributed by atoms with E-state index in [4.69, 9.17) is 17.3 Å². The summed E-state index contributed by atoms with van der Waals surface area (Å²) in [7, 11) is 0. The molecular weight excluding hydrogens is 164 g/mol. The Morgan fingerprint density at radius 2 is 2.27 bits per heavy atom. The van der Waals surface area contributed by atoms with Gasteiger partial charge in [-0.2, -0.15) is 0 Å². The predicted molar refractivity (Wildman–Crippen MR) is 42.5 cm³/mol. The van der Waals surface area contributed by atoms with Gasteiger partial charge >= 0.3 is 0 Å². The molecule has 58 valence electrons. The van der Waals surface area contributed by atoms with Crippen molar-refractivity contribution in [1.82, 2.24) is 4.98 Å². The zero-order valence-corrected chi connectivity index (χ0v) is 6.72. The van der Waals surface area contributed by atoms with Crippen LogP contribution < -0.4 is 5.73 Å². The minimum Gasteiger partial charge on any atom is -0.364 e. The van der Waals surface area contributed by atoms with Gasteiger partial charge in [-0.25, -0.2) is 4.98 Å². The number of aryl methyl sites for hydroxylation is 1. The molecule has 4 heteroatoms. The first kappa shape index (κ1) is 8.01. The van der Waals surface area contributed by atoms with Crippen molar-refractivity contribution >= 4 is 17.5 Å².